The Morgan fingerprint density at radius 3 is 3.19 bits per heavy atom. The second kappa shape index (κ2) is 6.38. The van der Waals surface area contributed by atoms with Crippen molar-refractivity contribution in [3.8, 4) is 0 Å². The van der Waals surface area contributed by atoms with Crippen molar-refractivity contribution in [3.05, 3.63) is 22.4 Å². The molecule has 0 bridgehead atoms. The molecule has 2 rings (SSSR count). The van der Waals surface area contributed by atoms with Crippen LogP contribution >= 0.6 is 11.3 Å². The quantitative estimate of drug-likeness (QED) is 0.796. The summed E-state index contributed by atoms with van der Waals surface area (Å²) in [7, 11) is 0. The van der Waals surface area contributed by atoms with Gasteiger partial charge in [-0.15, -0.1) is 11.3 Å². The largest absolute Gasteiger partial charge is 0.313 e. The number of thiophene rings is 1. The highest BCUT2D eigenvalue weighted by Crippen LogP contribution is 2.23. The second-order valence-electron chi connectivity index (χ2n) is 4.56. The predicted molar refractivity (Wildman–Crippen MR) is 71.0 cm³/mol. The van der Waals surface area contributed by atoms with Crippen LogP contribution in [0.2, 0.25) is 0 Å². The lowest BCUT2D eigenvalue weighted by Crippen LogP contribution is -2.35. The van der Waals surface area contributed by atoms with E-state index in [9.17, 15) is 0 Å². The van der Waals surface area contributed by atoms with Crippen molar-refractivity contribution >= 4 is 11.3 Å². The third-order valence-electron chi connectivity index (χ3n) is 3.24. The van der Waals surface area contributed by atoms with Gasteiger partial charge in [0.2, 0.25) is 0 Å². The first kappa shape index (κ1) is 12.1. The van der Waals surface area contributed by atoms with Crippen molar-refractivity contribution in [2.45, 2.75) is 44.7 Å². The van der Waals surface area contributed by atoms with Gasteiger partial charge in [-0.1, -0.05) is 19.4 Å². The first-order valence-corrected chi connectivity index (χ1v) is 7.28. The molecule has 16 heavy (non-hydrogen) atoms. The van der Waals surface area contributed by atoms with Gasteiger partial charge in [-0.2, -0.15) is 0 Å². The highest BCUT2D eigenvalue weighted by atomic mass is 32.1. The van der Waals surface area contributed by atoms with E-state index in [2.05, 4.69) is 35.1 Å². The van der Waals surface area contributed by atoms with Gasteiger partial charge in [0.1, 0.15) is 0 Å². The summed E-state index contributed by atoms with van der Waals surface area (Å²) in [6, 6.07) is 5.66. The van der Waals surface area contributed by atoms with Gasteiger partial charge in [-0.05, 0) is 37.3 Å². The smallest absolute Gasteiger partial charge is 0.0415 e. The fourth-order valence-electron chi connectivity index (χ4n) is 2.34. The van der Waals surface area contributed by atoms with Crippen molar-refractivity contribution in [3.63, 3.8) is 0 Å². The van der Waals surface area contributed by atoms with E-state index in [1.807, 2.05) is 11.3 Å². The Morgan fingerprint density at radius 1 is 1.62 bits per heavy atom. The van der Waals surface area contributed by atoms with E-state index in [4.69, 9.17) is 0 Å². The number of nitrogens with one attached hydrogen (secondary N) is 2. The standard InChI is InChI=1S/C13H22N2S/c1-2-5-12(13-7-4-9-16-13)15-10-11-6-3-8-14-11/h4,7,9,11-12,14-15H,2-3,5-6,8,10H2,1H3. The number of hydrogen-bond acceptors (Lipinski definition) is 3. The summed E-state index contributed by atoms with van der Waals surface area (Å²) in [4.78, 5) is 1.49. The van der Waals surface area contributed by atoms with Gasteiger partial charge >= 0.3 is 0 Å². The monoisotopic (exact) mass is 238 g/mol. The van der Waals surface area contributed by atoms with Crippen molar-refractivity contribution in [2.24, 2.45) is 0 Å². The van der Waals surface area contributed by atoms with Crippen molar-refractivity contribution < 1.29 is 0 Å². The van der Waals surface area contributed by atoms with E-state index in [0.29, 0.717) is 12.1 Å². The first-order valence-electron chi connectivity index (χ1n) is 6.40. The number of rotatable bonds is 6. The molecule has 1 fully saturated rings. The van der Waals surface area contributed by atoms with E-state index >= 15 is 0 Å². The molecule has 2 unspecified atom stereocenters. The van der Waals surface area contributed by atoms with Crippen LogP contribution in [0, 0.1) is 0 Å². The van der Waals surface area contributed by atoms with Crippen LogP contribution in [0.3, 0.4) is 0 Å². The third-order valence-corrected chi connectivity index (χ3v) is 4.22. The number of hydrogen-bond donors (Lipinski definition) is 2. The lowest BCUT2D eigenvalue weighted by Gasteiger charge is -2.19. The Labute approximate surface area is 102 Å². The van der Waals surface area contributed by atoms with Crippen LogP contribution in [0.25, 0.3) is 0 Å². The van der Waals surface area contributed by atoms with E-state index in [1.54, 1.807) is 0 Å². The summed E-state index contributed by atoms with van der Waals surface area (Å²) in [5, 5.41) is 9.43. The Morgan fingerprint density at radius 2 is 2.56 bits per heavy atom. The molecule has 3 heteroatoms. The summed E-state index contributed by atoms with van der Waals surface area (Å²) < 4.78 is 0. The van der Waals surface area contributed by atoms with Crippen LogP contribution in [0.1, 0.15) is 43.5 Å². The first-order chi connectivity index (χ1) is 7.90. The van der Waals surface area contributed by atoms with Gasteiger partial charge in [0.15, 0.2) is 0 Å². The van der Waals surface area contributed by atoms with Crippen LogP contribution < -0.4 is 10.6 Å². The average Bonchev–Trinajstić information content (AvgIpc) is 2.96. The highest BCUT2D eigenvalue weighted by molar-refractivity contribution is 7.10. The SMILES string of the molecule is CCCC(NCC1CCCN1)c1cccs1. The van der Waals surface area contributed by atoms with Gasteiger partial charge < -0.3 is 10.6 Å². The van der Waals surface area contributed by atoms with E-state index in [0.717, 1.165) is 6.54 Å². The van der Waals surface area contributed by atoms with E-state index in [-0.39, 0.29) is 0 Å². The molecule has 1 aromatic heterocycles. The van der Waals surface area contributed by atoms with Crippen LogP contribution in [-0.4, -0.2) is 19.1 Å². The van der Waals surface area contributed by atoms with Gasteiger partial charge in [-0.3, -0.25) is 0 Å². The lowest BCUT2D eigenvalue weighted by molar-refractivity contribution is 0.452. The molecule has 1 aliphatic rings. The molecule has 0 aliphatic carbocycles. The molecule has 2 N–H and O–H groups in total. The molecule has 0 radical (unpaired) electrons. The molecule has 2 heterocycles. The van der Waals surface area contributed by atoms with Crippen molar-refractivity contribution in [1.82, 2.24) is 10.6 Å². The highest BCUT2D eigenvalue weighted by Gasteiger charge is 2.17. The molecule has 0 amide bonds. The van der Waals surface area contributed by atoms with Crippen LogP contribution in [0.15, 0.2) is 17.5 Å². The van der Waals surface area contributed by atoms with Gasteiger partial charge in [0.25, 0.3) is 0 Å². The maximum absolute atomic E-state index is 3.71. The lowest BCUT2D eigenvalue weighted by atomic mass is 10.1. The van der Waals surface area contributed by atoms with Crippen LogP contribution in [-0.2, 0) is 0 Å². The summed E-state index contributed by atoms with van der Waals surface area (Å²) in [6.07, 6.45) is 5.15. The summed E-state index contributed by atoms with van der Waals surface area (Å²) in [5.74, 6) is 0. The minimum absolute atomic E-state index is 0.562. The zero-order valence-corrected chi connectivity index (χ0v) is 10.9. The Bertz CT molecular complexity index is 278. The van der Waals surface area contributed by atoms with Gasteiger partial charge in [0, 0.05) is 23.5 Å². The molecule has 2 atom stereocenters. The topological polar surface area (TPSA) is 24.1 Å². The van der Waals surface area contributed by atoms with Crippen molar-refractivity contribution in [2.75, 3.05) is 13.1 Å². The molecule has 0 saturated carbocycles. The van der Waals surface area contributed by atoms with E-state index < -0.39 is 0 Å². The molecule has 0 aromatic carbocycles. The second-order valence-corrected chi connectivity index (χ2v) is 5.54. The average molecular weight is 238 g/mol. The van der Waals surface area contributed by atoms with E-state index in [1.165, 1.54) is 37.1 Å². The zero-order chi connectivity index (χ0) is 11.2. The predicted octanol–water partition coefficient (Wildman–Crippen LogP) is 2.93. The Hall–Kier alpha value is -0.380. The normalized spacial score (nSPS) is 22.4. The summed E-state index contributed by atoms with van der Waals surface area (Å²) >= 11 is 1.87. The zero-order valence-electron chi connectivity index (χ0n) is 10.0. The molecule has 0 spiro atoms. The molecule has 1 aliphatic heterocycles. The molecule has 1 saturated heterocycles. The summed E-state index contributed by atoms with van der Waals surface area (Å²) in [5.41, 5.74) is 0. The van der Waals surface area contributed by atoms with Gasteiger partial charge in [-0.25, -0.2) is 0 Å². The maximum atomic E-state index is 3.71. The van der Waals surface area contributed by atoms with Gasteiger partial charge in [0.05, 0.1) is 0 Å². The van der Waals surface area contributed by atoms with Crippen molar-refractivity contribution in [1.29, 1.82) is 0 Å². The fourth-order valence-corrected chi connectivity index (χ4v) is 3.18. The molecule has 2 nitrogen and oxygen atoms in total. The molecule has 90 valence electrons. The molecule has 1 aromatic rings. The minimum atomic E-state index is 0.562. The van der Waals surface area contributed by atoms with Crippen LogP contribution in [0.4, 0.5) is 0 Å². The fraction of sp³-hybridized carbons (Fsp3) is 0.692. The molecular formula is C13H22N2S. The minimum Gasteiger partial charge on any atom is -0.313 e. The third kappa shape index (κ3) is 3.30. The molecular weight excluding hydrogens is 216 g/mol. The maximum Gasteiger partial charge on any atom is 0.0415 e. The Balaban J connectivity index is 1.82. The van der Waals surface area contributed by atoms with Crippen LogP contribution in [0.5, 0.6) is 0 Å². The summed E-state index contributed by atoms with van der Waals surface area (Å²) in [6.45, 7) is 4.57. The Kier molecular flexibility index (Phi) is 4.82.